The second-order valence-electron chi connectivity index (χ2n) is 4.67. The number of benzene rings is 2. The van der Waals surface area contributed by atoms with Crippen molar-refractivity contribution in [2.75, 3.05) is 13.7 Å². The molecule has 0 aromatic heterocycles. The molecule has 1 N–H and O–H groups in total. The van der Waals surface area contributed by atoms with Crippen LogP contribution in [0, 0.1) is 0 Å². The molecule has 2 aromatic carbocycles. The molecule has 20 heavy (non-hydrogen) atoms. The molecule has 4 nitrogen and oxygen atoms in total. The van der Waals surface area contributed by atoms with E-state index in [1.807, 2.05) is 42.5 Å². The SMILES string of the molecule is COc1cccc(COc2ccc3c(c2)OCC3O)c1. The predicted octanol–water partition coefficient (Wildman–Crippen LogP) is 2.70. The van der Waals surface area contributed by atoms with Crippen molar-refractivity contribution in [3.63, 3.8) is 0 Å². The van der Waals surface area contributed by atoms with Crippen molar-refractivity contribution in [2.45, 2.75) is 12.7 Å². The number of ether oxygens (including phenoxy) is 3. The number of aliphatic hydroxyl groups is 1. The zero-order valence-electron chi connectivity index (χ0n) is 11.2. The lowest BCUT2D eigenvalue weighted by Gasteiger charge is -2.09. The molecule has 0 radical (unpaired) electrons. The summed E-state index contributed by atoms with van der Waals surface area (Å²) >= 11 is 0. The summed E-state index contributed by atoms with van der Waals surface area (Å²) in [4.78, 5) is 0. The summed E-state index contributed by atoms with van der Waals surface area (Å²) in [6.07, 6.45) is -0.530. The lowest BCUT2D eigenvalue weighted by Crippen LogP contribution is -1.97. The average molecular weight is 272 g/mol. The van der Waals surface area contributed by atoms with Gasteiger partial charge in [-0.1, -0.05) is 12.1 Å². The van der Waals surface area contributed by atoms with Crippen molar-refractivity contribution >= 4 is 0 Å². The summed E-state index contributed by atoms with van der Waals surface area (Å²) in [5.74, 6) is 2.23. The van der Waals surface area contributed by atoms with E-state index in [4.69, 9.17) is 14.2 Å². The van der Waals surface area contributed by atoms with E-state index < -0.39 is 6.10 Å². The Morgan fingerprint density at radius 2 is 2.10 bits per heavy atom. The van der Waals surface area contributed by atoms with Crippen LogP contribution >= 0.6 is 0 Å². The van der Waals surface area contributed by atoms with Crippen LogP contribution in [0.2, 0.25) is 0 Å². The molecule has 3 rings (SSSR count). The van der Waals surface area contributed by atoms with Crippen molar-refractivity contribution in [1.82, 2.24) is 0 Å². The van der Waals surface area contributed by atoms with Gasteiger partial charge in [-0.25, -0.2) is 0 Å². The molecule has 0 aliphatic carbocycles. The molecule has 104 valence electrons. The largest absolute Gasteiger partial charge is 0.497 e. The lowest BCUT2D eigenvalue weighted by molar-refractivity contribution is 0.140. The minimum absolute atomic E-state index is 0.314. The molecule has 0 fully saturated rings. The lowest BCUT2D eigenvalue weighted by atomic mass is 10.1. The van der Waals surface area contributed by atoms with E-state index in [0.29, 0.717) is 19.0 Å². The number of fused-ring (bicyclic) bond motifs is 1. The summed E-state index contributed by atoms with van der Waals surface area (Å²) < 4.78 is 16.3. The van der Waals surface area contributed by atoms with Crippen molar-refractivity contribution < 1.29 is 19.3 Å². The Balaban J connectivity index is 1.69. The molecular weight excluding hydrogens is 256 g/mol. The average Bonchev–Trinajstić information content (AvgIpc) is 2.86. The van der Waals surface area contributed by atoms with Crippen molar-refractivity contribution in [3.8, 4) is 17.2 Å². The van der Waals surface area contributed by atoms with Gasteiger partial charge in [0.1, 0.15) is 36.6 Å². The Hall–Kier alpha value is -2.20. The standard InChI is InChI=1S/C16H16O4/c1-18-12-4-2-3-11(7-12)9-19-13-5-6-14-15(17)10-20-16(14)8-13/h2-8,15,17H,9-10H2,1H3. The van der Waals surface area contributed by atoms with Gasteiger partial charge in [0.25, 0.3) is 0 Å². The van der Waals surface area contributed by atoms with Crippen LogP contribution in [0.4, 0.5) is 0 Å². The highest BCUT2D eigenvalue weighted by Gasteiger charge is 2.21. The molecule has 0 bridgehead atoms. The van der Waals surface area contributed by atoms with Gasteiger partial charge in [-0.2, -0.15) is 0 Å². The van der Waals surface area contributed by atoms with Gasteiger partial charge >= 0.3 is 0 Å². The molecule has 1 unspecified atom stereocenters. The van der Waals surface area contributed by atoms with E-state index in [-0.39, 0.29) is 0 Å². The van der Waals surface area contributed by atoms with Crippen LogP contribution in [0.3, 0.4) is 0 Å². The normalized spacial score (nSPS) is 16.4. The first-order chi connectivity index (χ1) is 9.76. The monoisotopic (exact) mass is 272 g/mol. The van der Waals surface area contributed by atoms with E-state index in [9.17, 15) is 5.11 Å². The van der Waals surface area contributed by atoms with Crippen molar-refractivity contribution in [1.29, 1.82) is 0 Å². The first-order valence-corrected chi connectivity index (χ1v) is 6.47. The van der Waals surface area contributed by atoms with E-state index in [0.717, 1.165) is 22.6 Å². The number of hydrogen-bond donors (Lipinski definition) is 1. The summed E-state index contributed by atoms with van der Waals surface area (Å²) in [5, 5.41) is 9.66. The quantitative estimate of drug-likeness (QED) is 0.929. The molecule has 2 aromatic rings. The fourth-order valence-electron chi connectivity index (χ4n) is 2.19. The van der Waals surface area contributed by atoms with Crippen LogP contribution in [0.25, 0.3) is 0 Å². The maximum absolute atomic E-state index is 9.66. The van der Waals surface area contributed by atoms with Gasteiger partial charge in [-0.05, 0) is 29.8 Å². The first kappa shape index (κ1) is 12.8. The Morgan fingerprint density at radius 3 is 2.95 bits per heavy atom. The maximum atomic E-state index is 9.66. The summed E-state index contributed by atoms with van der Waals surface area (Å²) in [5.41, 5.74) is 1.85. The zero-order chi connectivity index (χ0) is 13.9. The van der Waals surface area contributed by atoms with Gasteiger partial charge < -0.3 is 19.3 Å². The van der Waals surface area contributed by atoms with E-state index in [2.05, 4.69) is 0 Å². The van der Waals surface area contributed by atoms with E-state index >= 15 is 0 Å². The predicted molar refractivity (Wildman–Crippen MR) is 74.2 cm³/mol. The van der Waals surface area contributed by atoms with Crippen molar-refractivity contribution in [3.05, 3.63) is 53.6 Å². The topological polar surface area (TPSA) is 47.9 Å². The molecule has 1 atom stereocenters. The third-order valence-corrected chi connectivity index (χ3v) is 3.28. The fourth-order valence-corrected chi connectivity index (χ4v) is 2.19. The Kier molecular flexibility index (Phi) is 3.48. The molecule has 0 spiro atoms. The molecule has 0 saturated carbocycles. The molecule has 4 heteroatoms. The second kappa shape index (κ2) is 5.43. The molecule has 1 aliphatic rings. The highest BCUT2D eigenvalue weighted by atomic mass is 16.5. The van der Waals surface area contributed by atoms with E-state index in [1.165, 1.54) is 0 Å². The summed E-state index contributed by atoms with van der Waals surface area (Å²) in [7, 11) is 1.64. The molecule has 0 amide bonds. The van der Waals surface area contributed by atoms with Gasteiger partial charge in [0.05, 0.1) is 7.11 Å². The number of hydrogen-bond acceptors (Lipinski definition) is 4. The van der Waals surface area contributed by atoms with Crippen LogP contribution < -0.4 is 14.2 Å². The van der Waals surface area contributed by atoms with E-state index in [1.54, 1.807) is 7.11 Å². The van der Waals surface area contributed by atoms with Gasteiger partial charge in [-0.15, -0.1) is 0 Å². The molecule has 1 aliphatic heterocycles. The number of rotatable bonds is 4. The van der Waals surface area contributed by atoms with Gasteiger partial charge in [0, 0.05) is 11.6 Å². The smallest absolute Gasteiger partial charge is 0.129 e. The zero-order valence-corrected chi connectivity index (χ0v) is 11.2. The highest BCUT2D eigenvalue weighted by molar-refractivity contribution is 5.44. The molecule has 1 heterocycles. The van der Waals surface area contributed by atoms with Crippen molar-refractivity contribution in [2.24, 2.45) is 0 Å². The van der Waals surface area contributed by atoms with Crippen LogP contribution in [-0.4, -0.2) is 18.8 Å². The third kappa shape index (κ3) is 2.56. The Morgan fingerprint density at radius 1 is 1.20 bits per heavy atom. The van der Waals surface area contributed by atoms with Crippen LogP contribution in [0.1, 0.15) is 17.2 Å². The molecular formula is C16H16O4. The summed E-state index contributed by atoms with van der Waals surface area (Å²) in [6.45, 7) is 0.771. The minimum atomic E-state index is -0.530. The van der Waals surface area contributed by atoms with Crippen LogP contribution in [0.15, 0.2) is 42.5 Å². The number of methoxy groups -OCH3 is 1. The second-order valence-corrected chi connectivity index (χ2v) is 4.67. The number of aliphatic hydroxyl groups excluding tert-OH is 1. The van der Waals surface area contributed by atoms with Gasteiger partial charge in [0.15, 0.2) is 0 Å². The maximum Gasteiger partial charge on any atom is 0.129 e. The Bertz CT molecular complexity index is 609. The highest BCUT2D eigenvalue weighted by Crippen LogP contribution is 2.35. The Labute approximate surface area is 117 Å². The van der Waals surface area contributed by atoms with Gasteiger partial charge in [0.2, 0.25) is 0 Å². The van der Waals surface area contributed by atoms with Crippen LogP contribution in [0.5, 0.6) is 17.2 Å². The fraction of sp³-hybridized carbons (Fsp3) is 0.250. The minimum Gasteiger partial charge on any atom is -0.497 e. The first-order valence-electron chi connectivity index (χ1n) is 6.47. The molecule has 0 saturated heterocycles. The van der Waals surface area contributed by atoms with Crippen LogP contribution in [-0.2, 0) is 6.61 Å². The van der Waals surface area contributed by atoms with Gasteiger partial charge in [-0.3, -0.25) is 0 Å². The summed E-state index contributed by atoms with van der Waals surface area (Å²) in [6, 6.07) is 13.2. The third-order valence-electron chi connectivity index (χ3n) is 3.28.